The highest BCUT2D eigenvalue weighted by molar-refractivity contribution is 5.76. The van der Waals surface area contributed by atoms with Gasteiger partial charge in [0.25, 0.3) is 0 Å². The van der Waals surface area contributed by atoms with E-state index < -0.39 is 17.7 Å². The Morgan fingerprint density at radius 1 is 1.21 bits per heavy atom. The fourth-order valence-corrected chi connectivity index (χ4v) is 2.37. The van der Waals surface area contributed by atoms with Crippen molar-refractivity contribution in [3.63, 3.8) is 0 Å². The largest absolute Gasteiger partial charge is 0.494 e. The van der Waals surface area contributed by atoms with Gasteiger partial charge in [0, 0.05) is 18.1 Å². The highest BCUT2D eigenvalue weighted by Crippen LogP contribution is 2.18. The molecule has 0 aromatic heterocycles. The number of ether oxygens (including phenoxy) is 1. The number of carbonyl (C=O) groups excluding carboxylic acids is 1. The third-order valence-electron chi connectivity index (χ3n) is 3.61. The van der Waals surface area contributed by atoms with Gasteiger partial charge in [-0.25, -0.2) is 8.78 Å². The average Bonchev–Trinajstić information content (AvgIpc) is 2.51. The first-order valence-corrected chi connectivity index (χ1v) is 7.89. The van der Waals surface area contributed by atoms with Gasteiger partial charge in [-0.2, -0.15) is 0 Å². The lowest BCUT2D eigenvalue weighted by atomic mass is 10.1. The van der Waals surface area contributed by atoms with Crippen molar-refractivity contribution in [3.05, 3.63) is 65.2 Å². The van der Waals surface area contributed by atoms with Crippen molar-refractivity contribution < 1.29 is 18.3 Å². The van der Waals surface area contributed by atoms with Crippen LogP contribution < -0.4 is 10.1 Å². The Morgan fingerprint density at radius 2 is 2.00 bits per heavy atom. The Hall–Kier alpha value is -2.43. The van der Waals surface area contributed by atoms with Crippen LogP contribution in [-0.4, -0.2) is 12.5 Å². The zero-order valence-corrected chi connectivity index (χ0v) is 13.8. The molecule has 0 spiro atoms. The van der Waals surface area contributed by atoms with Gasteiger partial charge in [0.05, 0.1) is 12.6 Å². The molecule has 2 rings (SSSR count). The Bertz CT molecular complexity index is 704. The van der Waals surface area contributed by atoms with Crippen molar-refractivity contribution in [3.8, 4) is 5.75 Å². The molecule has 2 aromatic rings. The lowest BCUT2D eigenvalue weighted by molar-refractivity contribution is -0.121. The predicted octanol–water partition coefficient (Wildman–Crippen LogP) is 4.31. The summed E-state index contributed by atoms with van der Waals surface area (Å²) in [6.07, 6.45) is 0.831. The van der Waals surface area contributed by atoms with Crippen LogP contribution in [0, 0.1) is 18.6 Å². The summed E-state index contributed by atoms with van der Waals surface area (Å²) in [6, 6.07) is 10.5. The van der Waals surface area contributed by atoms with Gasteiger partial charge in [0.15, 0.2) is 0 Å². The molecule has 0 saturated carbocycles. The van der Waals surface area contributed by atoms with Crippen molar-refractivity contribution in [2.75, 3.05) is 6.61 Å². The molecular weight excluding hydrogens is 312 g/mol. The lowest BCUT2D eigenvalue weighted by Crippen LogP contribution is -2.27. The summed E-state index contributed by atoms with van der Waals surface area (Å²) in [5, 5.41) is 2.71. The molecule has 0 radical (unpaired) electrons. The maximum Gasteiger partial charge on any atom is 0.220 e. The van der Waals surface area contributed by atoms with Crippen LogP contribution in [0.5, 0.6) is 5.75 Å². The topological polar surface area (TPSA) is 38.3 Å². The fourth-order valence-electron chi connectivity index (χ4n) is 2.37. The minimum atomic E-state index is -0.661. The number of benzene rings is 2. The summed E-state index contributed by atoms with van der Waals surface area (Å²) in [5.41, 5.74) is 1.38. The van der Waals surface area contributed by atoms with Crippen LogP contribution in [0.25, 0.3) is 0 Å². The van der Waals surface area contributed by atoms with Gasteiger partial charge in [0.1, 0.15) is 17.4 Å². The van der Waals surface area contributed by atoms with Crippen LogP contribution in [0.1, 0.15) is 36.9 Å². The molecule has 24 heavy (non-hydrogen) atoms. The molecule has 0 heterocycles. The number of halogens is 2. The molecule has 128 valence electrons. The number of rotatable bonds is 7. The van der Waals surface area contributed by atoms with E-state index in [-0.39, 0.29) is 17.9 Å². The van der Waals surface area contributed by atoms with Crippen LogP contribution in [-0.2, 0) is 4.79 Å². The minimum Gasteiger partial charge on any atom is -0.494 e. The molecule has 0 bridgehead atoms. The molecule has 0 saturated heterocycles. The Kier molecular flexibility index (Phi) is 6.29. The van der Waals surface area contributed by atoms with Gasteiger partial charge in [-0.15, -0.1) is 0 Å². The van der Waals surface area contributed by atoms with E-state index in [2.05, 4.69) is 5.32 Å². The molecule has 0 fully saturated rings. The lowest BCUT2D eigenvalue weighted by Gasteiger charge is -2.15. The Morgan fingerprint density at radius 3 is 2.71 bits per heavy atom. The number of hydrogen-bond acceptors (Lipinski definition) is 2. The SMILES string of the molecule is Cc1cccc(OCCCC(=O)NC(C)c2ccc(F)cc2F)c1. The van der Waals surface area contributed by atoms with Crippen LogP contribution >= 0.6 is 0 Å². The molecular formula is C19H21F2NO2. The van der Waals surface area contributed by atoms with E-state index >= 15 is 0 Å². The van der Waals surface area contributed by atoms with Gasteiger partial charge in [-0.05, 0) is 44.0 Å². The zero-order chi connectivity index (χ0) is 17.5. The van der Waals surface area contributed by atoms with Gasteiger partial charge in [-0.3, -0.25) is 4.79 Å². The van der Waals surface area contributed by atoms with Crippen LogP contribution in [0.15, 0.2) is 42.5 Å². The maximum absolute atomic E-state index is 13.7. The highest BCUT2D eigenvalue weighted by Gasteiger charge is 2.14. The molecule has 3 nitrogen and oxygen atoms in total. The quantitative estimate of drug-likeness (QED) is 0.767. The van der Waals surface area contributed by atoms with Gasteiger partial charge < -0.3 is 10.1 Å². The summed E-state index contributed by atoms with van der Waals surface area (Å²) in [7, 11) is 0. The first kappa shape index (κ1) is 17.9. The molecule has 2 aromatic carbocycles. The summed E-state index contributed by atoms with van der Waals surface area (Å²) in [4.78, 5) is 11.9. The average molecular weight is 333 g/mol. The molecule has 1 atom stereocenters. The third-order valence-corrected chi connectivity index (χ3v) is 3.61. The molecule has 1 unspecified atom stereocenters. The number of aryl methyl sites for hydroxylation is 1. The van der Waals surface area contributed by atoms with E-state index in [1.165, 1.54) is 12.1 Å². The first-order valence-electron chi connectivity index (χ1n) is 7.89. The summed E-state index contributed by atoms with van der Waals surface area (Å²) >= 11 is 0. The molecule has 0 aliphatic rings. The minimum absolute atomic E-state index is 0.195. The molecule has 1 N–H and O–H groups in total. The number of hydrogen-bond donors (Lipinski definition) is 1. The standard InChI is InChI=1S/C19H21F2NO2/c1-13-5-3-6-16(11-13)24-10-4-7-19(23)22-14(2)17-9-8-15(20)12-18(17)21/h3,5-6,8-9,11-12,14H,4,7,10H2,1-2H3,(H,22,23). The van der Waals surface area contributed by atoms with Crippen LogP contribution in [0.3, 0.4) is 0 Å². The molecule has 0 aliphatic heterocycles. The van der Waals surface area contributed by atoms with Crippen molar-refractivity contribution in [1.82, 2.24) is 5.32 Å². The fraction of sp³-hybridized carbons (Fsp3) is 0.316. The number of nitrogens with one attached hydrogen (secondary N) is 1. The normalized spacial score (nSPS) is 11.8. The monoisotopic (exact) mass is 333 g/mol. The predicted molar refractivity (Wildman–Crippen MR) is 88.8 cm³/mol. The maximum atomic E-state index is 13.7. The van der Waals surface area contributed by atoms with Crippen molar-refractivity contribution in [1.29, 1.82) is 0 Å². The Labute approximate surface area is 140 Å². The van der Waals surface area contributed by atoms with E-state index in [0.29, 0.717) is 13.0 Å². The van der Waals surface area contributed by atoms with Crippen LogP contribution in [0.2, 0.25) is 0 Å². The summed E-state index contributed by atoms with van der Waals surface area (Å²) < 4.78 is 32.1. The van der Waals surface area contributed by atoms with E-state index in [9.17, 15) is 13.6 Å². The number of amides is 1. The first-order chi connectivity index (χ1) is 11.5. The van der Waals surface area contributed by atoms with E-state index in [4.69, 9.17) is 4.74 Å². The van der Waals surface area contributed by atoms with Crippen molar-refractivity contribution >= 4 is 5.91 Å². The highest BCUT2D eigenvalue weighted by atomic mass is 19.1. The van der Waals surface area contributed by atoms with Gasteiger partial charge in [0.2, 0.25) is 5.91 Å². The summed E-state index contributed by atoms with van der Waals surface area (Å²) in [6.45, 7) is 4.07. The van der Waals surface area contributed by atoms with E-state index in [1.807, 2.05) is 31.2 Å². The molecule has 5 heteroatoms. The van der Waals surface area contributed by atoms with Gasteiger partial charge >= 0.3 is 0 Å². The number of carbonyl (C=O) groups is 1. The van der Waals surface area contributed by atoms with Crippen molar-refractivity contribution in [2.45, 2.75) is 32.7 Å². The molecule has 0 aliphatic carbocycles. The second kappa shape index (κ2) is 8.43. The second-order valence-corrected chi connectivity index (χ2v) is 5.72. The van der Waals surface area contributed by atoms with Crippen LogP contribution in [0.4, 0.5) is 8.78 Å². The second-order valence-electron chi connectivity index (χ2n) is 5.72. The zero-order valence-electron chi connectivity index (χ0n) is 13.8. The smallest absolute Gasteiger partial charge is 0.220 e. The summed E-state index contributed by atoms with van der Waals surface area (Å²) in [5.74, 6) is -0.718. The van der Waals surface area contributed by atoms with E-state index in [0.717, 1.165) is 17.4 Å². The van der Waals surface area contributed by atoms with Gasteiger partial charge in [-0.1, -0.05) is 18.2 Å². The van der Waals surface area contributed by atoms with E-state index in [1.54, 1.807) is 6.92 Å². The molecule has 1 amide bonds. The third kappa shape index (κ3) is 5.33. The van der Waals surface area contributed by atoms with Crippen molar-refractivity contribution in [2.24, 2.45) is 0 Å². The Balaban J connectivity index is 1.74.